The van der Waals surface area contributed by atoms with Crippen molar-refractivity contribution in [1.29, 1.82) is 0 Å². The zero-order chi connectivity index (χ0) is 13.2. The molecule has 0 aliphatic carbocycles. The Balaban J connectivity index is 1.71. The maximum Gasteiger partial charge on any atom is 0.124 e. The molecular formula is C14H17N5. The van der Waals surface area contributed by atoms with E-state index in [0.717, 1.165) is 34.9 Å². The lowest BCUT2D eigenvalue weighted by Crippen LogP contribution is -2.19. The van der Waals surface area contributed by atoms with Gasteiger partial charge in [0.05, 0.1) is 17.1 Å². The van der Waals surface area contributed by atoms with Crippen molar-refractivity contribution in [1.82, 2.24) is 25.3 Å². The van der Waals surface area contributed by atoms with E-state index in [-0.39, 0.29) is 6.04 Å². The fraction of sp³-hybridized carbons (Fsp3) is 0.286. The Labute approximate surface area is 111 Å². The molecular weight excluding hydrogens is 238 g/mol. The highest BCUT2D eigenvalue weighted by Gasteiger charge is 2.10. The van der Waals surface area contributed by atoms with E-state index >= 15 is 0 Å². The first-order valence-corrected chi connectivity index (χ1v) is 6.41. The lowest BCUT2D eigenvalue weighted by Gasteiger charge is -2.09. The van der Waals surface area contributed by atoms with Crippen molar-refractivity contribution >= 4 is 11.0 Å². The van der Waals surface area contributed by atoms with Crippen molar-refractivity contribution in [3.05, 3.63) is 47.8 Å². The number of imidazole rings is 2. The van der Waals surface area contributed by atoms with Crippen molar-refractivity contribution < 1.29 is 0 Å². The lowest BCUT2D eigenvalue weighted by atomic mass is 10.3. The van der Waals surface area contributed by atoms with E-state index in [0.29, 0.717) is 0 Å². The summed E-state index contributed by atoms with van der Waals surface area (Å²) in [5, 5.41) is 3.42. The summed E-state index contributed by atoms with van der Waals surface area (Å²) in [5.41, 5.74) is 3.16. The summed E-state index contributed by atoms with van der Waals surface area (Å²) in [6, 6.07) is 8.22. The van der Waals surface area contributed by atoms with Crippen LogP contribution >= 0.6 is 0 Å². The number of benzene rings is 1. The SMILES string of the molecule is Cc1ncc(CNC(C)c2nc3ccccc3[nH]2)[nH]1. The van der Waals surface area contributed by atoms with E-state index in [9.17, 15) is 0 Å². The van der Waals surface area contributed by atoms with Gasteiger partial charge in [-0.2, -0.15) is 0 Å². The second-order valence-corrected chi connectivity index (χ2v) is 4.74. The second-order valence-electron chi connectivity index (χ2n) is 4.74. The van der Waals surface area contributed by atoms with Gasteiger partial charge in [-0.05, 0) is 26.0 Å². The van der Waals surface area contributed by atoms with Crippen LogP contribution in [0, 0.1) is 6.92 Å². The Morgan fingerprint density at radius 3 is 2.84 bits per heavy atom. The van der Waals surface area contributed by atoms with E-state index in [1.54, 1.807) is 0 Å². The van der Waals surface area contributed by atoms with Gasteiger partial charge in [-0.1, -0.05) is 12.1 Å². The number of para-hydroxylation sites is 2. The molecule has 0 radical (unpaired) electrons. The molecule has 3 aromatic rings. The molecule has 1 unspecified atom stereocenters. The summed E-state index contributed by atoms with van der Waals surface area (Å²) in [4.78, 5) is 15.3. The maximum absolute atomic E-state index is 4.59. The molecule has 0 amide bonds. The number of hydrogen-bond donors (Lipinski definition) is 3. The van der Waals surface area contributed by atoms with Crippen LogP contribution in [0.3, 0.4) is 0 Å². The molecule has 0 aliphatic rings. The third-order valence-corrected chi connectivity index (χ3v) is 3.17. The minimum atomic E-state index is 0.163. The van der Waals surface area contributed by atoms with Gasteiger partial charge in [-0.25, -0.2) is 9.97 Å². The molecule has 1 aromatic carbocycles. The molecule has 0 aliphatic heterocycles. The molecule has 5 heteroatoms. The van der Waals surface area contributed by atoms with Gasteiger partial charge in [-0.3, -0.25) is 0 Å². The average Bonchev–Trinajstić information content (AvgIpc) is 3.01. The number of nitrogens with zero attached hydrogens (tertiary/aromatic N) is 2. The summed E-state index contributed by atoms with van der Waals surface area (Å²) in [7, 11) is 0. The van der Waals surface area contributed by atoms with Crippen LogP contribution in [0.1, 0.15) is 30.3 Å². The zero-order valence-electron chi connectivity index (χ0n) is 11.1. The normalized spacial score (nSPS) is 12.9. The first-order chi connectivity index (χ1) is 9.22. The minimum Gasteiger partial charge on any atom is -0.345 e. The fourth-order valence-corrected chi connectivity index (χ4v) is 2.10. The van der Waals surface area contributed by atoms with Gasteiger partial charge in [0.1, 0.15) is 11.6 Å². The van der Waals surface area contributed by atoms with Crippen LogP contribution in [0.2, 0.25) is 0 Å². The van der Waals surface area contributed by atoms with Crippen LogP contribution in [0.4, 0.5) is 0 Å². The van der Waals surface area contributed by atoms with Gasteiger partial charge in [-0.15, -0.1) is 0 Å². The number of H-pyrrole nitrogens is 2. The molecule has 2 heterocycles. The van der Waals surface area contributed by atoms with Crippen molar-refractivity contribution in [3.63, 3.8) is 0 Å². The summed E-state index contributed by atoms with van der Waals surface area (Å²) in [5.74, 6) is 1.89. The van der Waals surface area contributed by atoms with Crippen molar-refractivity contribution in [2.45, 2.75) is 26.4 Å². The van der Waals surface area contributed by atoms with Gasteiger partial charge in [0.15, 0.2) is 0 Å². The quantitative estimate of drug-likeness (QED) is 0.670. The van der Waals surface area contributed by atoms with Crippen LogP contribution in [0.5, 0.6) is 0 Å². The Morgan fingerprint density at radius 1 is 1.26 bits per heavy atom. The first-order valence-electron chi connectivity index (χ1n) is 6.41. The summed E-state index contributed by atoms with van der Waals surface area (Å²) >= 11 is 0. The van der Waals surface area contributed by atoms with E-state index in [1.807, 2.05) is 37.4 Å². The smallest absolute Gasteiger partial charge is 0.124 e. The second kappa shape index (κ2) is 4.85. The zero-order valence-corrected chi connectivity index (χ0v) is 11.1. The van der Waals surface area contributed by atoms with Gasteiger partial charge >= 0.3 is 0 Å². The van der Waals surface area contributed by atoms with Gasteiger partial charge < -0.3 is 15.3 Å². The van der Waals surface area contributed by atoms with Gasteiger partial charge in [0, 0.05) is 18.4 Å². The van der Waals surface area contributed by atoms with Gasteiger partial charge in [0.2, 0.25) is 0 Å². The maximum atomic E-state index is 4.59. The molecule has 0 spiro atoms. The number of nitrogens with one attached hydrogen (secondary N) is 3. The molecule has 19 heavy (non-hydrogen) atoms. The predicted octanol–water partition coefficient (Wildman–Crippen LogP) is 2.45. The molecule has 3 N–H and O–H groups in total. The standard InChI is InChI=1S/C14H17N5/c1-9(15-7-11-8-16-10(2)17-11)14-18-12-5-3-4-6-13(12)19-14/h3-6,8-9,15H,7H2,1-2H3,(H,16,17)(H,18,19). The molecule has 5 nitrogen and oxygen atoms in total. The average molecular weight is 255 g/mol. The molecule has 0 fully saturated rings. The number of aromatic nitrogens is 4. The molecule has 3 rings (SSSR count). The van der Waals surface area contributed by atoms with Crippen molar-refractivity contribution in [2.24, 2.45) is 0 Å². The minimum absolute atomic E-state index is 0.163. The van der Waals surface area contributed by atoms with E-state index in [4.69, 9.17) is 0 Å². The number of hydrogen-bond acceptors (Lipinski definition) is 3. The molecule has 1 atom stereocenters. The number of rotatable bonds is 4. The highest BCUT2D eigenvalue weighted by atomic mass is 15.0. The molecule has 2 aromatic heterocycles. The van der Waals surface area contributed by atoms with Crippen molar-refractivity contribution in [2.75, 3.05) is 0 Å². The molecule has 0 saturated carbocycles. The van der Waals surface area contributed by atoms with E-state index in [2.05, 4.69) is 32.2 Å². The third-order valence-electron chi connectivity index (χ3n) is 3.17. The highest BCUT2D eigenvalue weighted by molar-refractivity contribution is 5.74. The predicted molar refractivity (Wildman–Crippen MR) is 74.7 cm³/mol. The summed E-state index contributed by atoms with van der Waals surface area (Å²) < 4.78 is 0. The fourth-order valence-electron chi connectivity index (χ4n) is 2.10. The highest BCUT2D eigenvalue weighted by Crippen LogP contribution is 2.15. The monoisotopic (exact) mass is 255 g/mol. The Morgan fingerprint density at radius 2 is 2.11 bits per heavy atom. The van der Waals surface area contributed by atoms with Crippen LogP contribution in [0.25, 0.3) is 11.0 Å². The molecule has 0 bridgehead atoms. The number of aromatic amines is 2. The summed E-state index contributed by atoms with van der Waals surface area (Å²) in [6.45, 7) is 4.80. The Bertz CT molecular complexity index is 649. The van der Waals surface area contributed by atoms with Crippen LogP contribution in [0.15, 0.2) is 30.5 Å². The van der Waals surface area contributed by atoms with Crippen molar-refractivity contribution in [3.8, 4) is 0 Å². The molecule has 98 valence electrons. The Kier molecular flexibility index (Phi) is 3.05. The largest absolute Gasteiger partial charge is 0.345 e. The Hall–Kier alpha value is -2.14. The van der Waals surface area contributed by atoms with Gasteiger partial charge in [0.25, 0.3) is 0 Å². The van der Waals surface area contributed by atoms with E-state index in [1.165, 1.54) is 0 Å². The first kappa shape index (κ1) is 11.9. The third kappa shape index (κ3) is 2.51. The summed E-state index contributed by atoms with van der Waals surface area (Å²) in [6.07, 6.45) is 1.85. The van der Waals surface area contributed by atoms with Crippen LogP contribution in [-0.4, -0.2) is 19.9 Å². The van der Waals surface area contributed by atoms with Crippen LogP contribution in [-0.2, 0) is 6.54 Å². The lowest BCUT2D eigenvalue weighted by molar-refractivity contribution is 0.547. The topological polar surface area (TPSA) is 69.4 Å². The van der Waals surface area contributed by atoms with E-state index < -0.39 is 0 Å². The number of aryl methyl sites for hydroxylation is 1. The number of fused-ring (bicyclic) bond motifs is 1. The van der Waals surface area contributed by atoms with Crippen LogP contribution < -0.4 is 5.32 Å². The molecule has 0 saturated heterocycles.